The molecule has 5 heteroatoms. The van der Waals surface area contributed by atoms with Gasteiger partial charge < -0.3 is 4.74 Å². The average molecular weight is 280 g/mol. The van der Waals surface area contributed by atoms with Crippen LogP contribution in [0.2, 0.25) is 5.02 Å². The van der Waals surface area contributed by atoms with E-state index in [-0.39, 0.29) is 6.04 Å². The van der Waals surface area contributed by atoms with Crippen LogP contribution in [0.25, 0.3) is 0 Å². The lowest BCUT2D eigenvalue weighted by Crippen LogP contribution is -2.27. The number of hydrogen-bond acceptors (Lipinski definition) is 3. The van der Waals surface area contributed by atoms with E-state index in [0.29, 0.717) is 6.61 Å². The first-order chi connectivity index (χ1) is 9.20. The van der Waals surface area contributed by atoms with Crippen molar-refractivity contribution in [3.05, 3.63) is 52.8 Å². The number of halogens is 1. The Hall–Kier alpha value is -1.36. The minimum absolute atomic E-state index is 0.186. The molecule has 0 amide bonds. The molecular weight excluding hydrogens is 262 g/mol. The zero-order valence-electron chi connectivity index (χ0n) is 11.1. The zero-order valence-corrected chi connectivity index (χ0v) is 11.9. The van der Waals surface area contributed by atoms with E-state index < -0.39 is 0 Å². The SMILES string of the molecule is COCC(c1ccc(Cl)cc1)N(C)Cc1ccn[nH]1. The molecule has 0 aliphatic carbocycles. The normalized spacial score (nSPS) is 12.8. The molecule has 1 atom stereocenters. The molecule has 1 aromatic heterocycles. The summed E-state index contributed by atoms with van der Waals surface area (Å²) in [6, 6.07) is 10.0. The number of nitrogens with one attached hydrogen (secondary N) is 1. The highest BCUT2D eigenvalue weighted by molar-refractivity contribution is 6.30. The first kappa shape index (κ1) is 14.1. The summed E-state index contributed by atoms with van der Waals surface area (Å²) in [5.41, 5.74) is 2.27. The predicted octanol–water partition coefficient (Wildman–Crippen LogP) is 2.88. The third-order valence-electron chi connectivity index (χ3n) is 3.09. The first-order valence-corrected chi connectivity index (χ1v) is 6.51. The Labute approximate surface area is 118 Å². The van der Waals surface area contributed by atoms with Crippen LogP contribution in [0.4, 0.5) is 0 Å². The molecule has 1 heterocycles. The number of rotatable bonds is 6. The van der Waals surface area contributed by atoms with Crippen molar-refractivity contribution < 1.29 is 4.74 Å². The van der Waals surface area contributed by atoms with Gasteiger partial charge in [0.25, 0.3) is 0 Å². The van der Waals surface area contributed by atoms with E-state index in [4.69, 9.17) is 16.3 Å². The summed E-state index contributed by atoms with van der Waals surface area (Å²) in [6.07, 6.45) is 1.76. The van der Waals surface area contributed by atoms with Crippen LogP contribution in [0.5, 0.6) is 0 Å². The second kappa shape index (κ2) is 6.70. The number of benzene rings is 1. The van der Waals surface area contributed by atoms with E-state index in [1.807, 2.05) is 30.3 Å². The molecular formula is C14H18ClN3O. The second-order valence-electron chi connectivity index (χ2n) is 4.52. The molecule has 4 nitrogen and oxygen atoms in total. The van der Waals surface area contributed by atoms with Crippen molar-refractivity contribution in [1.29, 1.82) is 0 Å². The molecule has 0 aliphatic rings. The molecule has 0 saturated heterocycles. The fraction of sp³-hybridized carbons (Fsp3) is 0.357. The summed E-state index contributed by atoms with van der Waals surface area (Å²) in [6.45, 7) is 1.42. The molecule has 0 bridgehead atoms. The minimum Gasteiger partial charge on any atom is -0.383 e. The Morgan fingerprint density at radius 1 is 1.32 bits per heavy atom. The van der Waals surface area contributed by atoms with Gasteiger partial charge in [-0.3, -0.25) is 10.00 Å². The van der Waals surface area contributed by atoms with Crippen molar-refractivity contribution in [3.8, 4) is 0 Å². The number of methoxy groups -OCH3 is 1. The van der Waals surface area contributed by atoms with Crippen molar-refractivity contribution in [2.45, 2.75) is 12.6 Å². The molecule has 0 saturated carbocycles. The molecule has 2 aromatic rings. The van der Waals surface area contributed by atoms with Gasteiger partial charge in [-0.25, -0.2) is 0 Å². The highest BCUT2D eigenvalue weighted by Crippen LogP contribution is 2.22. The maximum absolute atomic E-state index is 5.93. The summed E-state index contributed by atoms with van der Waals surface area (Å²) in [5, 5.41) is 7.68. The molecule has 1 aromatic carbocycles. The van der Waals surface area contributed by atoms with E-state index in [2.05, 4.69) is 22.1 Å². The van der Waals surface area contributed by atoms with Gasteiger partial charge in [-0.1, -0.05) is 23.7 Å². The Morgan fingerprint density at radius 2 is 2.05 bits per heavy atom. The molecule has 1 N–H and O–H groups in total. The van der Waals surface area contributed by atoms with Crippen LogP contribution in [-0.2, 0) is 11.3 Å². The van der Waals surface area contributed by atoms with Gasteiger partial charge in [-0.15, -0.1) is 0 Å². The molecule has 0 radical (unpaired) electrons. The summed E-state index contributed by atoms with van der Waals surface area (Å²) in [5.74, 6) is 0. The highest BCUT2D eigenvalue weighted by atomic mass is 35.5. The molecule has 0 spiro atoms. The van der Waals surface area contributed by atoms with Gasteiger partial charge in [0.1, 0.15) is 0 Å². The number of hydrogen-bond donors (Lipinski definition) is 1. The van der Waals surface area contributed by atoms with Crippen LogP contribution in [0.3, 0.4) is 0 Å². The first-order valence-electron chi connectivity index (χ1n) is 6.13. The number of aromatic nitrogens is 2. The number of ether oxygens (including phenoxy) is 1. The number of aromatic amines is 1. The molecule has 102 valence electrons. The van der Waals surface area contributed by atoms with Crippen LogP contribution < -0.4 is 0 Å². The van der Waals surface area contributed by atoms with Gasteiger partial charge in [-0.05, 0) is 30.8 Å². The van der Waals surface area contributed by atoms with Crippen molar-refractivity contribution >= 4 is 11.6 Å². The van der Waals surface area contributed by atoms with E-state index in [9.17, 15) is 0 Å². The molecule has 0 fully saturated rings. The summed E-state index contributed by atoms with van der Waals surface area (Å²) >= 11 is 5.93. The van der Waals surface area contributed by atoms with Crippen molar-refractivity contribution in [3.63, 3.8) is 0 Å². The Morgan fingerprint density at radius 3 is 2.63 bits per heavy atom. The highest BCUT2D eigenvalue weighted by Gasteiger charge is 2.17. The molecule has 0 aliphatic heterocycles. The average Bonchev–Trinajstić information content (AvgIpc) is 2.90. The maximum Gasteiger partial charge on any atom is 0.0659 e. The van der Waals surface area contributed by atoms with Gasteiger partial charge in [0.15, 0.2) is 0 Å². The topological polar surface area (TPSA) is 41.1 Å². The molecule has 2 rings (SSSR count). The third kappa shape index (κ3) is 3.80. The van der Waals surface area contributed by atoms with Crippen LogP contribution in [0.1, 0.15) is 17.3 Å². The van der Waals surface area contributed by atoms with Gasteiger partial charge >= 0.3 is 0 Å². The lowest BCUT2D eigenvalue weighted by atomic mass is 10.1. The standard InChI is InChI=1S/C14H18ClN3O/c1-18(9-13-7-8-16-17-13)14(10-19-2)11-3-5-12(15)6-4-11/h3-8,14H,9-10H2,1-2H3,(H,16,17). The third-order valence-corrected chi connectivity index (χ3v) is 3.34. The van der Waals surface area contributed by atoms with Gasteiger partial charge in [0.05, 0.1) is 12.6 Å². The van der Waals surface area contributed by atoms with Crippen molar-refractivity contribution in [2.75, 3.05) is 20.8 Å². The maximum atomic E-state index is 5.93. The van der Waals surface area contributed by atoms with Gasteiger partial charge in [0, 0.05) is 30.6 Å². The lowest BCUT2D eigenvalue weighted by Gasteiger charge is -2.27. The van der Waals surface area contributed by atoms with E-state index in [1.54, 1.807) is 13.3 Å². The molecule has 1 unspecified atom stereocenters. The fourth-order valence-electron chi connectivity index (χ4n) is 2.07. The Balaban J connectivity index is 2.12. The van der Waals surface area contributed by atoms with Crippen LogP contribution in [-0.4, -0.2) is 35.9 Å². The monoisotopic (exact) mass is 279 g/mol. The van der Waals surface area contributed by atoms with E-state index in [0.717, 1.165) is 17.3 Å². The van der Waals surface area contributed by atoms with Crippen LogP contribution in [0.15, 0.2) is 36.5 Å². The van der Waals surface area contributed by atoms with E-state index >= 15 is 0 Å². The van der Waals surface area contributed by atoms with Crippen LogP contribution in [0, 0.1) is 0 Å². The lowest BCUT2D eigenvalue weighted by molar-refractivity contribution is 0.102. The number of likely N-dealkylation sites (N-methyl/N-ethyl adjacent to an activating group) is 1. The quantitative estimate of drug-likeness (QED) is 0.884. The predicted molar refractivity (Wildman–Crippen MR) is 76.1 cm³/mol. The number of H-pyrrole nitrogens is 1. The smallest absolute Gasteiger partial charge is 0.0659 e. The van der Waals surface area contributed by atoms with E-state index in [1.165, 1.54) is 5.56 Å². The second-order valence-corrected chi connectivity index (χ2v) is 4.96. The van der Waals surface area contributed by atoms with Crippen LogP contribution >= 0.6 is 11.6 Å². The fourth-order valence-corrected chi connectivity index (χ4v) is 2.20. The minimum atomic E-state index is 0.186. The van der Waals surface area contributed by atoms with Gasteiger partial charge in [-0.2, -0.15) is 5.10 Å². The van der Waals surface area contributed by atoms with Crippen molar-refractivity contribution in [1.82, 2.24) is 15.1 Å². The summed E-state index contributed by atoms with van der Waals surface area (Å²) in [4.78, 5) is 2.22. The Kier molecular flexibility index (Phi) is 4.96. The number of nitrogens with zero attached hydrogens (tertiary/aromatic N) is 2. The van der Waals surface area contributed by atoms with Gasteiger partial charge in [0.2, 0.25) is 0 Å². The summed E-state index contributed by atoms with van der Waals surface area (Å²) < 4.78 is 5.33. The molecule has 19 heavy (non-hydrogen) atoms. The largest absolute Gasteiger partial charge is 0.383 e. The summed E-state index contributed by atoms with van der Waals surface area (Å²) in [7, 11) is 3.78. The van der Waals surface area contributed by atoms with Crippen molar-refractivity contribution in [2.24, 2.45) is 0 Å². The zero-order chi connectivity index (χ0) is 13.7. The Bertz CT molecular complexity index is 484.